The van der Waals surface area contributed by atoms with Crippen LogP contribution in [0.3, 0.4) is 0 Å². The summed E-state index contributed by atoms with van der Waals surface area (Å²) in [4.78, 5) is 16.5. The van der Waals surface area contributed by atoms with Gasteiger partial charge in [0.25, 0.3) is 0 Å². The fraction of sp³-hybridized carbons (Fsp3) is 0.435. The second kappa shape index (κ2) is 9.93. The lowest BCUT2D eigenvalue weighted by atomic mass is 10.1. The molecule has 2 aromatic carbocycles. The van der Waals surface area contributed by atoms with Crippen LogP contribution in [0, 0.1) is 0 Å². The molecule has 11 heteroatoms. The molecule has 2 fully saturated rings. The predicted molar refractivity (Wildman–Crippen MR) is 123 cm³/mol. The molecule has 0 aliphatic carbocycles. The van der Waals surface area contributed by atoms with E-state index in [0.29, 0.717) is 50.6 Å². The average Bonchev–Trinajstić information content (AvgIpc) is 3.35. The number of carbonyl (C=O) groups is 1. The number of alkyl halides is 3. The lowest BCUT2D eigenvalue weighted by Gasteiger charge is -2.36. The molecule has 0 atom stereocenters. The van der Waals surface area contributed by atoms with E-state index in [2.05, 4.69) is 5.32 Å². The van der Waals surface area contributed by atoms with Crippen LogP contribution in [0.5, 0.6) is 0 Å². The van der Waals surface area contributed by atoms with Gasteiger partial charge < -0.3 is 10.2 Å². The molecule has 0 unspecified atom stereocenters. The maximum absolute atomic E-state index is 13.0. The SMILES string of the molecule is O=C(CN1CCN(c2cccc(C(F)(F)F)c2)CC1)Nc1cccc(S(=O)(=O)N2CCCC2)c1. The number of nitrogens with zero attached hydrogens (tertiary/aromatic N) is 3. The van der Waals surface area contributed by atoms with Crippen LogP contribution in [-0.2, 0) is 21.0 Å². The maximum atomic E-state index is 13.0. The van der Waals surface area contributed by atoms with Crippen molar-refractivity contribution in [1.82, 2.24) is 9.21 Å². The number of sulfonamides is 1. The first-order valence-corrected chi connectivity index (χ1v) is 12.6. The molecule has 0 aromatic heterocycles. The average molecular weight is 497 g/mol. The maximum Gasteiger partial charge on any atom is 0.416 e. The number of rotatable bonds is 6. The van der Waals surface area contributed by atoms with Crippen LogP contribution in [0.1, 0.15) is 18.4 Å². The van der Waals surface area contributed by atoms with Crippen LogP contribution in [0.15, 0.2) is 53.4 Å². The van der Waals surface area contributed by atoms with Gasteiger partial charge in [0.05, 0.1) is 17.0 Å². The molecule has 2 aliphatic rings. The van der Waals surface area contributed by atoms with Crippen LogP contribution < -0.4 is 10.2 Å². The molecular weight excluding hydrogens is 469 g/mol. The van der Waals surface area contributed by atoms with Gasteiger partial charge in [-0.1, -0.05) is 12.1 Å². The van der Waals surface area contributed by atoms with E-state index in [1.807, 2.05) is 9.80 Å². The smallest absolute Gasteiger partial charge is 0.369 e. The van der Waals surface area contributed by atoms with E-state index in [4.69, 9.17) is 0 Å². The van der Waals surface area contributed by atoms with Crippen molar-refractivity contribution in [2.45, 2.75) is 23.9 Å². The molecule has 0 radical (unpaired) electrons. The Hall–Kier alpha value is -2.63. The summed E-state index contributed by atoms with van der Waals surface area (Å²) in [7, 11) is -3.57. The van der Waals surface area contributed by atoms with Crippen molar-refractivity contribution >= 4 is 27.3 Å². The molecule has 0 saturated carbocycles. The lowest BCUT2D eigenvalue weighted by molar-refractivity contribution is -0.137. The Bertz CT molecular complexity index is 1130. The number of anilines is 2. The van der Waals surface area contributed by atoms with Crippen molar-refractivity contribution in [3.8, 4) is 0 Å². The van der Waals surface area contributed by atoms with Crippen LogP contribution >= 0.6 is 0 Å². The molecule has 0 spiro atoms. The Balaban J connectivity index is 1.31. The number of carbonyl (C=O) groups excluding carboxylic acids is 1. The van der Waals surface area contributed by atoms with E-state index in [1.54, 1.807) is 18.2 Å². The van der Waals surface area contributed by atoms with Crippen LogP contribution in [0.2, 0.25) is 0 Å². The molecule has 34 heavy (non-hydrogen) atoms. The van der Waals surface area contributed by atoms with E-state index >= 15 is 0 Å². The first-order chi connectivity index (χ1) is 16.1. The van der Waals surface area contributed by atoms with Crippen molar-refractivity contribution in [3.63, 3.8) is 0 Å². The Morgan fingerprint density at radius 2 is 1.59 bits per heavy atom. The zero-order valence-electron chi connectivity index (χ0n) is 18.6. The highest BCUT2D eigenvalue weighted by Crippen LogP contribution is 2.32. The fourth-order valence-electron chi connectivity index (χ4n) is 4.26. The van der Waals surface area contributed by atoms with Gasteiger partial charge in [0, 0.05) is 50.6 Å². The summed E-state index contributed by atoms with van der Waals surface area (Å²) in [6, 6.07) is 11.5. The number of halogens is 3. The van der Waals surface area contributed by atoms with Crippen molar-refractivity contribution in [2.75, 3.05) is 56.0 Å². The number of piperazine rings is 1. The highest BCUT2D eigenvalue weighted by molar-refractivity contribution is 7.89. The third kappa shape index (κ3) is 5.70. The van der Waals surface area contributed by atoms with Crippen molar-refractivity contribution in [1.29, 1.82) is 0 Å². The summed E-state index contributed by atoms with van der Waals surface area (Å²) in [5.74, 6) is -0.275. The quantitative estimate of drug-likeness (QED) is 0.665. The van der Waals surface area contributed by atoms with E-state index in [1.165, 1.54) is 22.5 Å². The molecule has 2 aliphatic heterocycles. The minimum atomic E-state index is -4.39. The molecule has 184 valence electrons. The van der Waals surface area contributed by atoms with E-state index in [-0.39, 0.29) is 17.3 Å². The minimum Gasteiger partial charge on any atom is -0.369 e. The number of amides is 1. The topological polar surface area (TPSA) is 73.0 Å². The third-order valence-electron chi connectivity index (χ3n) is 6.10. The van der Waals surface area contributed by atoms with Crippen LogP contribution in [0.25, 0.3) is 0 Å². The third-order valence-corrected chi connectivity index (χ3v) is 7.99. The fourth-order valence-corrected chi connectivity index (χ4v) is 5.82. The van der Waals surface area contributed by atoms with Crippen molar-refractivity contribution in [3.05, 3.63) is 54.1 Å². The van der Waals surface area contributed by atoms with Crippen LogP contribution in [0.4, 0.5) is 24.5 Å². The highest BCUT2D eigenvalue weighted by Gasteiger charge is 2.31. The number of nitrogens with one attached hydrogen (secondary N) is 1. The molecule has 4 rings (SSSR count). The summed E-state index contributed by atoms with van der Waals surface area (Å²) in [5, 5.41) is 2.76. The van der Waals surface area contributed by atoms with Gasteiger partial charge in [-0.25, -0.2) is 8.42 Å². The number of benzene rings is 2. The Morgan fingerprint density at radius 1 is 0.912 bits per heavy atom. The van der Waals surface area contributed by atoms with Gasteiger partial charge >= 0.3 is 6.18 Å². The lowest BCUT2D eigenvalue weighted by Crippen LogP contribution is -2.48. The highest BCUT2D eigenvalue weighted by atomic mass is 32.2. The van der Waals surface area contributed by atoms with Gasteiger partial charge in [0.1, 0.15) is 0 Å². The van der Waals surface area contributed by atoms with Crippen molar-refractivity contribution < 1.29 is 26.4 Å². The largest absolute Gasteiger partial charge is 0.416 e. The Labute approximate surface area is 197 Å². The molecule has 2 heterocycles. The molecule has 2 saturated heterocycles. The van der Waals surface area contributed by atoms with Crippen molar-refractivity contribution in [2.24, 2.45) is 0 Å². The zero-order chi connectivity index (χ0) is 24.3. The summed E-state index contributed by atoms with van der Waals surface area (Å²) in [6.07, 6.45) is -2.70. The Kier molecular flexibility index (Phi) is 7.15. The summed E-state index contributed by atoms with van der Waals surface area (Å²) < 4.78 is 65.9. The predicted octanol–water partition coefficient (Wildman–Crippen LogP) is 3.25. The van der Waals surface area contributed by atoms with E-state index < -0.39 is 21.8 Å². The van der Waals surface area contributed by atoms with E-state index in [9.17, 15) is 26.4 Å². The van der Waals surface area contributed by atoms with Crippen LogP contribution in [-0.4, -0.2) is 69.3 Å². The first kappa shape index (κ1) is 24.5. The normalized spacial score (nSPS) is 18.3. The monoisotopic (exact) mass is 496 g/mol. The summed E-state index contributed by atoms with van der Waals surface area (Å²) in [6.45, 7) is 3.16. The Morgan fingerprint density at radius 3 is 2.26 bits per heavy atom. The van der Waals surface area contributed by atoms with Gasteiger partial charge in [-0.15, -0.1) is 0 Å². The van der Waals surface area contributed by atoms with Gasteiger partial charge in [0.15, 0.2) is 0 Å². The molecule has 1 amide bonds. The first-order valence-electron chi connectivity index (χ1n) is 11.2. The molecular formula is C23H27F3N4O3S. The molecule has 1 N–H and O–H groups in total. The second-order valence-corrected chi connectivity index (χ2v) is 10.4. The van der Waals surface area contributed by atoms with Gasteiger partial charge in [-0.2, -0.15) is 17.5 Å². The standard InChI is InChI=1S/C23H27F3N4O3S/c24-23(25,26)18-5-3-7-20(15-18)29-13-11-28(12-14-29)17-22(31)27-19-6-4-8-21(16-19)34(32,33)30-9-1-2-10-30/h3-8,15-16H,1-2,9-14,17H2,(H,27,31). The van der Waals surface area contributed by atoms with Gasteiger partial charge in [-0.3, -0.25) is 9.69 Å². The molecule has 0 bridgehead atoms. The number of hydrogen-bond acceptors (Lipinski definition) is 5. The molecule has 7 nitrogen and oxygen atoms in total. The zero-order valence-corrected chi connectivity index (χ0v) is 19.4. The summed E-state index contributed by atoms with van der Waals surface area (Å²) in [5.41, 5.74) is 0.239. The summed E-state index contributed by atoms with van der Waals surface area (Å²) >= 11 is 0. The van der Waals surface area contributed by atoms with E-state index in [0.717, 1.165) is 25.0 Å². The van der Waals surface area contributed by atoms with Gasteiger partial charge in [0.2, 0.25) is 15.9 Å². The van der Waals surface area contributed by atoms with Gasteiger partial charge in [-0.05, 0) is 49.2 Å². The minimum absolute atomic E-state index is 0.111. The molecule has 2 aromatic rings. The number of hydrogen-bond donors (Lipinski definition) is 1. The second-order valence-electron chi connectivity index (χ2n) is 8.50.